The molecule has 2 bridgehead atoms. The molecular weight excluding hydrogens is 536 g/mol. The van der Waals surface area contributed by atoms with Crippen LogP contribution in [0.4, 0.5) is 11.4 Å². The maximum absolute atomic E-state index is 14.3. The number of rotatable bonds is 5. The van der Waals surface area contributed by atoms with Crippen LogP contribution in [0.1, 0.15) is 38.5 Å². The van der Waals surface area contributed by atoms with Crippen molar-refractivity contribution in [3.63, 3.8) is 0 Å². The van der Waals surface area contributed by atoms with E-state index in [1.807, 2.05) is 48.5 Å². The molecule has 4 aliphatic rings. The predicted octanol–water partition coefficient (Wildman–Crippen LogP) is 4.27. The summed E-state index contributed by atoms with van der Waals surface area (Å²) in [6.07, 6.45) is 1.53. The van der Waals surface area contributed by atoms with Gasteiger partial charge in [0.2, 0.25) is 11.8 Å². The number of para-hydroxylation sites is 1. The standard InChI is InChI=1S/C32H22N4O6/c37-25-12-6-3-9-22(25)29(38)34-33-17-32-23-10-4-1-7-20(23)26(21-8-2-5-11-24(21)32)27-28(32)31(40)35(30(27)39)18-13-15-19(16-14-18)36(41)42/h1-17,26-28,37H,(H,34,38)/b33-17-/t26?,27-,28-,32?/m0/s1. The fourth-order valence-electron chi connectivity index (χ4n) is 6.95. The van der Waals surface area contributed by atoms with E-state index >= 15 is 0 Å². The second-order valence-electron chi connectivity index (χ2n) is 10.5. The number of nitrogens with zero attached hydrogens (tertiary/aromatic N) is 3. The van der Waals surface area contributed by atoms with E-state index in [2.05, 4.69) is 10.5 Å². The molecule has 10 nitrogen and oxygen atoms in total. The van der Waals surface area contributed by atoms with E-state index in [0.29, 0.717) is 0 Å². The number of nitrogens with one attached hydrogen (secondary N) is 1. The van der Waals surface area contributed by atoms with Gasteiger partial charge >= 0.3 is 0 Å². The van der Waals surface area contributed by atoms with Gasteiger partial charge in [-0.2, -0.15) is 5.10 Å². The molecule has 2 N–H and O–H groups in total. The van der Waals surface area contributed by atoms with Gasteiger partial charge in [-0.1, -0.05) is 60.7 Å². The minimum Gasteiger partial charge on any atom is -0.507 e. The molecule has 1 fully saturated rings. The van der Waals surface area contributed by atoms with E-state index in [0.717, 1.165) is 27.2 Å². The summed E-state index contributed by atoms with van der Waals surface area (Å²) < 4.78 is 0. The van der Waals surface area contributed by atoms with E-state index in [-0.39, 0.29) is 22.7 Å². The average Bonchev–Trinajstić information content (AvgIpc) is 3.28. The highest BCUT2D eigenvalue weighted by atomic mass is 16.6. The van der Waals surface area contributed by atoms with Gasteiger partial charge < -0.3 is 5.11 Å². The summed E-state index contributed by atoms with van der Waals surface area (Å²) in [7, 11) is 0. The monoisotopic (exact) mass is 558 g/mol. The quantitative estimate of drug-likeness (QED) is 0.162. The fraction of sp³-hybridized carbons (Fsp3) is 0.125. The summed E-state index contributed by atoms with van der Waals surface area (Å²) in [5.41, 5.74) is 4.81. The molecule has 1 heterocycles. The number of imide groups is 1. The Morgan fingerprint density at radius 2 is 1.48 bits per heavy atom. The maximum Gasteiger partial charge on any atom is 0.275 e. The van der Waals surface area contributed by atoms with Crippen molar-refractivity contribution in [2.24, 2.45) is 16.9 Å². The normalized spacial score (nSPS) is 23.4. The number of non-ortho nitro benzene ring substituents is 1. The zero-order valence-electron chi connectivity index (χ0n) is 21.9. The molecule has 0 saturated carbocycles. The number of phenols is 1. The summed E-state index contributed by atoms with van der Waals surface area (Å²) in [5, 5.41) is 25.7. The highest BCUT2D eigenvalue weighted by Gasteiger charge is 2.68. The van der Waals surface area contributed by atoms with E-state index in [9.17, 15) is 29.6 Å². The van der Waals surface area contributed by atoms with Gasteiger partial charge in [0.25, 0.3) is 11.6 Å². The first-order valence-corrected chi connectivity index (χ1v) is 13.3. The molecule has 3 aliphatic carbocycles. The third-order valence-electron chi connectivity index (χ3n) is 8.59. The maximum atomic E-state index is 14.3. The van der Waals surface area contributed by atoms with Gasteiger partial charge in [0.15, 0.2) is 0 Å². The van der Waals surface area contributed by atoms with Crippen molar-refractivity contribution in [2.75, 3.05) is 4.90 Å². The molecule has 2 atom stereocenters. The topological polar surface area (TPSA) is 142 Å². The lowest BCUT2D eigenvalue weighted by Gasteiger charge is -2.52. The van der Waals surface area contributed by atoms with Crippen LogP contribution in [-0.4, -0.2) is 34.0 Å². The zero-order valence-corrected chi connectivity index (χ0v) is 21.9. The Morgan fingerprint density at radius 1 is 0.881 bits per heavy atom. The SMILES string of the molecule is O=C(N/N=C\C12c3ccccc3C(c3ccccc31)[C@@H]1C(=O)N(c3ccc([N+](=O)[O-])cc3)C(=O)[C@H]12)c1ccccc1O. The molecule has 42 heavy (non-hydrogen) atoms. The van der Waals surface area contributed by atoms with Crippen LogP contribution in [-0.2, 0) is 15.0 Å². The number of carbonyl (C=O) groups excluding carboxylic acids is 3. The predicted molar refractivity (Wildman–Crippen MR) is 152 cm³/mol. The molecule has 0 unspecified atom stereocenters. The third kappa shape index (κ3) is 3.38. The molecule has 1 aliphatic heterocycles. The largest absolute Gasteiger partial charge is 0.507 e. The van der Waals surface area contributed by atoms with Crippen molar-refractivity contribution in [2.45, 2.75) is 11.3 Å². The number of hydrogen-bond acceptors (Lipinski definition) is 7. The summed E-state index contributed by atoms with van der Waals surface area (Å²) in [5.74, 6) is -3.74. The number of hydrazone groups is 1. The van der Waals surface area contributed by atoms with Gasteiger partial charge in [-0.25, -0.2) is 10.3 Å². The Labute approximate surface area is 239 Å². The number of anilines is 1. The van der Waals surface area contributed by atoms with Gasteiger partial charge in [-0.05, 0) is 46.5 Å². The van der Waals surface area contributed by atoms with Crippen LogP contribution in [0.5, 0.6) is 5.75 Å². The Bertz CT molecular complexity index is 1800. The van der Waals surface area contributed by atoms with Gasteiger partial charge in [-0.3, -0.25) is 24.5 Å². The lowest BCUT2D eigenvalue weighted by molar-refractivity contribution is -0.384. The van der Waals surface area contributed by atoms with Crippen LogP contribution in [0, 0.1) is 22.0 Å². The number of nitro groups is 1. The van der Waals surface area contributed by atoms with E-state index in [1.54, 1.807) is 12.1 Å². The number of amides is 3. The molecule has 0 radical (unpaired) electrons. The first-order chi connectivity index (χ1) is 20.3. The summed E-state index contributed by atoms with van der Waals surface area (Å²) in [4.78, 5) is 53.2. The van der Waals surface area contributed by atoms with E-state index in [4.69, 9.17) is 0 Å². The van der Waals surface area contributed by atoms with Crippen LogP contribution < -0.4 is 10.3 Å². The smallest absolute Gasteiger partial charge is 0.275 e. The molecule has 3 amide bonds. The lowest BCUT2D eigenvalue weighted by atomic mass is 9.47. The van der Waals surface area contributed by atoms with E-state index in [1.165, 1.54) is 42.6 Å². The Balaban J connectivity index is 1.39. The Kier molecular flexibility index (Phi) is 5.55. The van der Waals surface area contributed by atoms with Gasteiger partial charge in [0, 0.05) is 24.3 Å². The minimum atomic E-state index is -1.21. The van der Waals surface area contributed by atoms with Crippen LogP contribution in [0.3, 0.4) is 0 Å². The number of phenolic OH excluding ortho intramolecular Hbond substituents is 1. The van der Waals surface area contributed by atoms with Crippen molar-refractivity contribution >= 4 is 35.3 Å². The van der Waals surface area contributed by atoms with Crippen LogP contribution in [0.15, 0.2) is 102 Å². The summed E-state index contributed by atoms with van der Waals surface area (Å²) >= 11 is 0. The number of nitro benzene ring substituents is 1. The Morgan fingerprint density at radius 3 is 2.10 bits per heavy atom. The van der Waals surface area contributed by atoms with Crippen molar-refractivity contribution in [3.8, 4) is 5.75 Å². The van der Waals surface area contributed by atoms with Crippen LogP contribution >= 0.6 is 0 Å². The van der Waals surface area contributed by atoms with Gasteiger partial charge in [0.05, 0.1) is 33.4 Å². The molecule has 0 spiro atoms. The van der Waals surface area contributed by atoms with Crippen molar-refractivity contribution < 1.29 is 24.4 Å². The molecule has 4 aromatic rings. The number of hydrogen-bond donors (Lipinski definition) is 2. The van der Waals surface area contributed by atoms with Crippen LogP contribution in [0.2, 0.25) is 0 Å². The molecule has 10 heteroatoms. The average molecular weight is 559 g/mol. The number of benzene rings is 4. The second-order valence-corrected chi connectivity index (χ2v) is 10.5. The highest BCUT2D eigenvalue weighted by molar-refractivity contribution is 6.25. The zero-order chi connectivity index (χ0) is 29.2. The highest BCUT2D eigenvalue weighted by Crippen LogP contribution is 2.63. The van der Waals surface area contributed by atoms with Crippen molar-refractivity contribution in [3.05, 3.63) is 135 Å². The molecular formula is C32H22N4O6. The lowest BCUT2D eigenvalue weighted by Crippen LogP contribution is -2.54. The minimum absolute atomic E-state index is 0.0367. The Hall–Kier alpha value is -5.64. The van der Waals surface area contributed by atoms with Gasteiger partial charge in [-0.15, -0.1) is 0 Å². The number of carbonyl (C=O) groups is 3. The number of aromatic hydroxyl groups is 1. The second kappa shape index (κ2) is 9.20. The van der Waals surface area contributed by atoms with Crippen LogP contribution in [0.25, 0.3) is 0 Å². The first kappa shape index (κ1) is 25.3. The molecule has 4 aromatic carbocycles. The van der Waals surface area contributed by atoms with E-state index < -0.39 is 45.8 Å². The molecule has 1 saturated heterocycles. The summed E-state index contributed by atoms with van der Waals surface area (Å²) in [6, 6.07) is 26.6. The summed E-state index contributed by atoms with van der Waals surface area (Å²) in [6.45, 7) is 0. The molecule has 0 aromatic heterocycles. The van der Waals surface area contributed by atoms with Crippen molar-refractivity contribution in [1.82, 2.24) is 5.43 Å². The third-order valence-corrected chi connectivity index (χ3v) is 8.59. The molecule has 8 rings (SSSR count). The fourth-order valence-corrected chi connectivity index (χ4v) is 6.95. The first-order valence-electron chi connectivity index (χ1n) is 13.3. The van der Waals surface area contributed by atoms with Gasteiger partial charge in [0.1, 0.15) is 5.75 Å². The van der Waals surface area contributed by atoms with Crippen molar-refractivity contribution in [1.29, 1.82) is 0 Å². The molecule has 206 valence electrons.